The second-order valence-corrected chi connectivity index (χ2v) is 7.85. The Morgan fingerprint density at radius 3 is 2.38 bits per heavy atom. The number of hydrazone groups is 1. The Kier molecular flexibility index (Phi) is 3.26. The molecular weight excluding hydrogens is 356 g/mol. The molecule has 6 rings (SSSR count). The van der Waals surface area contributed by atoms with Crippen molar-refractivity contribution in [1.82, 2.24) is 5.01 Å². The number of nitrogens with zero attached hydrogens (tertiary/aromatic N) is 2. The van der Waals surface area contributed by atoms with Gasteiger partial charge in [0.2, 0.25) is 0 Å². The number of hydrogen-bond donors (Lipinski definition) is 1. The van der Waals surface area contributed by atoms with Crippen LogP contribution in [0.3, 0.4) is 0 Å². The summed E-state index contributed by atoms with van der Waals surface area (Å²) in [4.78, 5) is 25.7. The van der Waals surface area contributed by atoms with Gasteiger partial charge >= 0.3 is 0 Å². The van der Waals surface area contributed by atoms with E-state index in [1.165, 1.54) is 19.4 Å². The van der Waals surface area contributed by atoms with E-state index in [9.17, 15) is 14.7 Å². The average molecular weight is 373 g/mol. The van der Waals surface area contributed by atoms with Gasteiger partial charge in [-0.05, 0) is 47.8 Å². The monoisotopic (exact) mass is 372 g/mol. The molecule has 2 amide bonds. The van der Waals surface area contributed by atoms with Gasteiger partial charge in [0, 0.05) is 0 Å². The SMILES string of the molecule is COc1cc(/C=N\N2C(=O)[C@@H]3[C@@H]4C=C[C@H]([C@H]5C[C@@H]45)[C@@H]3C2=O)cc(Cl)c1O. The largest absolute Gasteiger partial charge is 0.503 e. The Labute approximate surface area is 155 Å². The van der Waals surface area contributed by atoms with Crippen molar-refractivity contribution in [3.8, 4) is 11.5 Å². The molecule has 1 heterocycles. The molecule has 0 spiro atoms. The third-order valence-electron chi connectivity index (χ3n) is 6.23. The predicted molar refractivity (Wildman–Crippen MR) is 93.8 cm³/mol. The number of benzene rings is 1. The highest BCUT2D eigenvalue weighted by Crippen LogP contribution is 2.65. The fraction of sp³-hybridized carbons (Fsp3) is 0.421. The van der Waals surface area contributed by atoms with Crippen LogP contribution < -0.4 is 4.74 Å². The molecule has 4 aliphatic carbocycles. The number of ether oxygens (including phenoxy) is 1. The lowest BCUT2D eigenvalue weighted by Crippen LogP contribution is -2.40. The Hall–Kier alpha value is -2.34. The maximum absolute atomic E-state index is 12.8. The number of allylic oxidation sites excluding steroid dienone is 2. The summed E-state index contributed by atoms with van der Waals surface area (Å²) in [6.07, 6.45) is 6.79. The highest BCUT2D eigenvalue weighted by Gasteiger charge is 2.67. The second-order valence-electron chi connectivity index (χ2n) is 7.44. The van der Waals surface area contributed by atoms with Crippen LogP contribution in [0, 0.1) is 35.5 Å². The van der Waals surface area contributed by atoms with Crippen LogP contribution in [0.2, 0.25) is 5.02 Å². The van der Waals surface area contributed by atoms with E-state index in [0.29, 0.717) is 17.4 Å². The lowest BCUT2D eigenvalue weighted by Gasteiger charge is -2.37. The van der Waals surface area contributed by atoms with Crippen molar-refractivity contribution < 1.29 is 19.4 Å². The Morgan fingerprint density at radius 2 is 1.81 bits per heavy atom. The van der Waals surface area contributed by atoms with Crippen LogP contribution in [0.1, 0.15) is 12.0 Å². The third kappa shape index (κ3) is 2.02. The number of carbonyl (C=O) groups is 2. The molecule has 1 N–H and O–H groups in total. The molecule has 2 bridgehead atoms. The molecule has 7 heteroatoms. The van der Waals surface area contributed by atoms with E-state index >= 15 is 0 Å². The first kappa shape index (κ1) is 15.9. The van der Waals surface area contributed by atoms with E-state index in [1.807, 2.05) is 0 Å². The molecular formula is C19H17ClN2O4. The highest BCUT2D eigenvalue weighted by molar-refractivity contribution is 6.32. The minimum atomic E-state index is -0.267. The van der Waals surface area contributed by atoms with E-state index in [4.69, 9.17) is 16.3 Å². The van der Waals surface area contributed by atoms with Gasteiger partial charge in [0.15, 0.2) is 11.5 Å². The van der Waals surface area contributed by atoms with Crippen LogP contribution in [0.25, 0.3) is 0 Å². The van der Waals surface area contributed by atoms with Gasteiger partial charge in [-0.25, -0.2) is 0 Å². The van der Waals surface area contributed by atoms with Crippen LogP contribution in [0.15, 0.2) is 29.4 Å². The molecule has 1 saturated heterocycles. The normalized spacial score (nSPS) is 36.6. The summed E-state index contributed by atoms with van der Waals surface area (Å²) in [5.74, 6) is 0.564. The van der Waals surface area contributed by atoms with Gasteiger partial charge in [-0.2, -0.15) is 10.1 Å². The summed E-state index contributed by atoms with van der Waals surface area (Å²) in [7, 11) is 1.42. The highest BCUT2D eigenvalue weighted by atomic mass is 35.5. The maximum atomic E-state index is 12.8. The van der Waals surface area contributed by atoms with Crippen LogP contribution in [-0.4, -0.2) is 35.3 Å². The summed E-state index contributed by atoms with van der Waals surface area (Å²) in [6.45, 7) is 0. The van der Waals surface area contributed by atoms with Gasteiger partial charge in [0.1, 0.15) is 0 Å². The summed E-state index contributed by atoms with van der Waals surface area (Å²) >= 11 is 5.97. The number of aromatic hydroxyl groups is 1. The zero-order chi connectivity index (χ0) is 18.2. The molecule has 26 heavy (non-hydrogen) atoms. The molecule has 0 unspecified atom stereocenters. The summed E-state index contributed by atoms with van der Waals surface area (Å²) in [6, 6.07) is 3.05. The summed E-state index contributed by atoms with van der Waals surface area (Å²) < 4.78 is 5.06. The number of phenolic OH excluding ortho intramolecular Hbond substituents is 1. The molecule has 1 aliphatic heterocycles. The first-order chi connectivity index (χ1) is 12.5. The minimum absolute atomic E-state index is 0.112. The van der Waals surface area contributed by atoms with Crippen LogP contribution >= 0.6 is 11.6 Å². The van der Waals surface area contributed by atoms with Gasteiger partial charge in [-0.1, -0.05) is 23.8 Å². The average Bonchev–Trinajstić information content (AvgIpc) is 3.41. The summed E-state index contributed by atoms with van der Waals surface area (Å²) in [5, 5.41) is 15.1. The molecule has 134 valence electrons. The lowest BCUT2D eigenvalue weighted by molar-refractivity contribution is -0.140. The number of imide groups is 1. The minimum Gasteiger partial charge on any atom is -0.503 e. The lowest BCUT2D eigenvalue weighted by atomic mass is 9.63. The predicted octanol–water partition coefficient (Wildman–Crippen LogP) is 2.44. The Balaban J connectivity index is 1.44. The quantitative estimate of drug-likeness (QED) is 0.502. The Bertz CT molecular complexity index is 860. The fourth-order valence-electron chi connectivity index (χ4n) is 5.00. The van der Waals surface area contributed by atoms with Crippen molar-refractivity contribution in [3.63, 3.8) is 0 Å². The van der Waals surface area contributed by atoms with Gasteiger partial charge < -0.3 is 9.84 Å². The molecule has 0 aromatic heterocycles. The van der Waals surface area contributed by atoms with Gasteiger partial charge in [0.05, 0.1) is 30.2 Å². The molecule has 6 nitrogen and oxygen atoms in total. The smallest absolute Gasteiger partial charge is 0.254 e. The van der Waals surface area contributed by atoms with Crippen molar-refractivity contribution in [2.75, 3.05) is 7.11 Å². The number of phenols is 1. The second kappa shape index (κ2) is 5.33. The van der Waals surface area contributed by atoms with E-state index in [2.05, 4.69) is 17.3 Å². The van der Waals surface area contributed by atoms with Gasteiger partial charge in [0.25, 0.3) is 11.8 Å². The van der Waals surface area contributed by atoms with Gasteiger partial charge in [-0.3, -0.25) is 9.59 Å². The fourth-order valence-corrected chi connectivity index (χ4v) is 5.22. The number of methoxy groups -OCH3 is 1. The van der Waals surface area contributed by atoms with Crippen molar-refractivity contribution in [3.05, 3.63) is 34.9 Å². The number of amides is 2. The first-order valence-electron chi connectivity index (χ1n) is 8.68. The van der Waals surface area contributed by atoms with E-state index < -0.39 is 0 Å². The maximum Gasteiger partial charge on any atom is 0.254 e. The molecule has 6 atom stereocenters. The van der Waals surface area contributed by atoms with Gasteiger partial charge in [-0.15, -0.1) is 0 Å². The zero-order valence-corrected chi connectivity index (χ0v) is 14.8. The van der Waals surface area contributed by atoms with Crippen molar-refractivity contribution in [1.29, 1.82) is 0 Å². The van der Waals surface area contributed by atoms with E-state index in [0.717, 1.165) is 11.4 Å². The van der Waals surface area contributed by atoms with E-state index in [-0.39, 0.29) is 52.0 Å². The molecule has 3 fully saturated rings. The molecule has 2 saturated carbocycles. The Morgan fingerprint density at radius 1 is 1.19 bits per heavy atom. The van der Waals surface area contributed by atoms with Crippen LogP contribution in [-0.2, 0) is 9.59 Å². The molecule has 1 aromatic carbocycles. The first-order valence-corrected chi connectivity index (χ1v) is 9.05. The van der Waals surface area contributed by atoms with Crippen molar-refractivity contribution in [2.45, 2.75) is 6.42 Å². The van der Waals surface area contributed by atoms with Crippen LogP contribution in [0.5, 0.6) is 11.5 Å². The third-order valence-corrected chi connectivity index (χ3v) is 6.52. The molecule has 0 radical (unpaired) electrons. The summed E-state index contributed by atoms with van der Waals surface area (Å²) in [5.41, 5.74) is 0.532. The number of hydrogen-bond acceptors (Lipinski definition) is 5. The topological polar surface area (TPSA) is 79.2 Å². The molecule has 1 aromatic rings. The standard InChI is InChI=1S/C19H17ClN2O4/c1-26-14-5-8(4-13(20)17(14)23)7-21-22-18(24)15-9-2-3-10(12-6-11(9)12)16(15)19(22)25/h2-5,7,9-12,15-16,23H,6H2,1H3/b21-7-/t9-,10-,11-,12+,15+,16-/m1/s1. The van der Waals surface area contributed by atoms with E-state index in [1.54, 1.807) is 6.07 Å². The molecule has 5 aliphatic rings. The zero-order valence-electron chi connectivity index (χ0n) is 14.0. The van der Waals surface area contributed by atoms with Crippen molar-refractivity contribution in [2.24, 2.45) is 40.6 Å². The number of rotatable bonds is 3. The number of halogens is 1. The van der Waals surface area contributed by atoms with Crippen molar-refractivity contribution >= 4 is 29.6 Å². The number of carbonyl (C=O) groups excluding carboxylic acids is 2. The van der Waals surface area contributed by atoms with Crippen LogP contribution in [0.4, 0.5) is 0 Å².